The van der Waals surface area contributed by atoms with Crippen molar-refractivity contribution in [2.75, 3.05) is 17.3 Å². The second kappa shape index (κ2) is 8.24. The highest BCUT2D eigenvalue weighted by Gasteiger charge is 2.36. The van der Waals surface area contributed by atoms with Crippen molar-refractivity contribution in [1.82, 2.24) is 14.5 Å². The summed E-state index contributed by atoms with van der Waals surface area (Å²) in [6.45, 7) is 3.92. The molecule has 0 N–H and O–H groups in total. The number of amides is 1. The van der Waals surface area contributed by atoms with E-state index in [-0.39, 0.29) is 40.8 Å². The Kier molecular flexibility index (Phi) is 6.14. The van der Waals surface area contributed by atoms with E-state index in [2.05, 4.69) is 4.98 Å². The van der Waals surface area contributed by atoms with E-state index >= 15 is 0 Å². The zero-order valence-electron chi connectivity index (χ0n) is 16.3. The molecule has 1 aliphatic heterocycles. The molecule has 0 radical (unpaired) electrons. The summed E-state index contributed by atoms with van der Waals surface area (Å²) in [6, 6.07) is 6.80. The highest BCUT2D eigenvalue weighted by atomic mass is 32.2. The molecule has 0 unspecified atom stereocenters. The Morgan fingerprint density at radius 1 is 1.39 bits per heavy atom. The van der Waals surface area contributed by atoms with E-state index in [1.165, 1.54) is 16.3 Å². The van der Waals surface area contributed by atoms with Crippen molar-refractivity contribution in [2.45, 2.75) is 43.9 Å². The van der Waals surface area contributed by atoms with Crippen LogP contribution in [0.5, 0.6) is 0 Å². The molecule has 1 aliphatic rings. The molecule has 2 heterocycles. The molecule has 1 aromatic carbocycles. The second-order valence-corrected chi connectivity index (χ2v) is 10.4. The molecule has 0 saturated carbocycles. The standard InChI is InChI=1S/C19H25N3O4S2/c1-4-13(2)22(14-9-10-28(25,26)12-14)17(23)11-27-19-20-16-8-6-5-7-15(16)18(24)21(19)3/h5-8,13-14H,4,9-12H2,1-3H3/t13-,14+/m1/s1. The first-order valence-electron chi connectivity index (χ1n) is 9.33. The molecule has 0 aliphatic carbocycles. The predicted octanol–water partition coefficient (Wildman–Crippen LogP) is 1.84. The fourth-order valence-corrected chi connectivity index (χ4v) is 6.08. The minimum absolute atomic E-state index is 0.0282. The molecule has 2 aromatic rings. The molecular formula is C19H25N3O4S2. The lowest BCUT2D eigenvalue weighted by Gasteiger charge is -2.33. The number of sulfone groups is 1. The number of aromatic nitrogens is 2. The predicted molar refractivity (Wildman–Crippen MR) is 111 cm³/mol. The van der Waals surface area contributed by atoms with Crippen molar-refractivity contribution < 1.29 is 13.2 Å². The van der Waals surface area contributed by atoms with Crippen LogP contribution in [0.2, 0.25) is 0 Å². The van der Waals surface area contributed by atoms with Gasteiger partial charge in [0.1, 0.15) is 0 Å². The highest BCUT2D eigenvalue weighted by Crippen LogP contribution is 2.24. The third-order valence-electron chi connectivity index (χ3n) is 5.22. The molecule has 2 atom stereocenters. The Bertz CT molecular complexity index is 1050. The molecule has 1 aromatic heterocycles. The van der Waals surface area contributed by atoms with Crippen molar-refractivity contribution in [3.8, 4) is 0 Å². The largest absolute Gasteiger partial charge is 0.335 e. The third kappa shape index (κ3) is 4.25. The number of thioether (sulfide) groups is 1. The summed E-state index contributed by atoms with van der Waals surface area (Å²) in [7, 11) is -1.43. The van der Waals surface area contributed by atoms with Gasteiger partial charge < -0.3 is 4.90 Å². The van der Waals surface area contributed by atoms with E-state index in [0.29, 0.717) is 22.5 Å². The molecule has 9 heteroatoms. The molecule has 152 valence electrons. The smallest absolute Gasteiger partial charge is 0.261 e. The molecule has 3 rings (SSSR count). The number of hydrogen-bond acceptors (Lipinski definition) is 6. The Morgan fingerprint density at radius 2 is 2.11 bits per heavy atom. The van der Waals surface area contributed by atoms with Crippen LogP contribution in [0.15, 0.2) is 34.2 Å². The monoisotopic (exact) mass is 423 g/mol. The molecule has 0 spiro atoms. The molecule has 1 saturated heterocycles. The van der Waals surface area contributed by atoms with Crippen LogP contribution in [0.4, 0.5) is 0 Å². The van der Waals surface area contributed by atoms with Crippen molar-refractivity contribution in [3.05, 3.63) is 34.6 Å². The maximum absolute atomic E-state index is 13.0. The molecular weight excluding hydrogens is 398 g/mol. The average molecular weight is 424 g/mol. The quantitative estimate of drug-likeness (QED) is 0.520. The fourth-order valence-electron chi connectivity index (χ4n) is 3.53. The van der Waals surface area contributed by atoms with Crippen LogP contribution in [0.1, 0.15) is 26.7 Å². The van der Waals surface area contributed by atoms with Gasteiger partial charge in [-0.3, -0.25) is 14.2 Å². The number of hydrogen-bond donors (Lipinski definition) is 0. The van der Waals surface area contributed by atoms with E-state index in [1.54, 1.807) is 30.1 Å². The number of rotatable bonds is 6. The summed E-state index contributed by atoms with van der Waals surface area (Å²) < 4.78 is 25.2. The molecule has 0 bridgehead atoms. The van der Waals surface area contributed by atoms with E-state index in [0.717, 1.165) is 6.42 Å². The van der Waals surface area contributed by atoms with Gasteiger partial charge in [-0.2, -0.15) is 0 Å². The van der Waals surface area contributed by atoms with E-state index in [4.69, 9.17) is 0 Å². The van der Waals surface area contributed by atoms with Crippen LogP contribution in [-0.2, 0) is 21.7 Å². The van der Waals surface area contributed by atoms with Gasteiger partial charge in [0.25, 0.3) is 5.56 Å². The van der Waals surface area contributed by atoms with E-state index < -0.39 is 9.84 Å². The van der Waals surface area contributed by atoms with Gasteiger partial charge in [-0.15, -0.1) is 0 Å². The Balaban J connectivity index is 1.80. The fraction of sp³-hybridized carbons (Fsp3) is 0.526. The van der Waals surface area contributed by atoms with Crippen molar-refractivity contribution in [2.24, 2.45) is 7.05 Å². The topological polar surface area (TPSA) is 89.3 Å². The maximum Gasteiger partial charge on any atom is 0.261 e. The van der Waals surface area contributed by atoms with Gasteiger partial charge in [-0.25, -0.2) is 13.4 Å². The molecule has 28 heavy (non-hydrogen) atoms. The van der Waals surface area contributed by atoms with Crippen LogP contribution >= 0.6 is 11.8 Å². The lowest BCUT2D eigenvalue weighted by molar-refractivity contribution is -0.132. The number of carbonyl (C=O) groups excluding carboxylic acids is 1. The molecule has 1 amide bonds. The minimum Gasteiger partial charge on any atom is -0.335 e. The first-order chi connectivity index (χ1) is 13.2. The number of para-hydroxylation sites is 1. The highest BCUT2D eigenvalue weighted by molar-refractivity contribution is 7.99. The van der Waals surface area contributed by atoms with E-state index in [9.17, 15) is 18.0 Å². The SMILES string of the molecule is CC[C@@H](C)N(C(=O)CSc1nc2ccccc2c(=O)n1C)[C@H]1CCS(=O)(=O)C1. The Hall–Kier alpha value is -1.87. The van der Waals surface area contributed by atoms with Gasteiger partial charge in [0.05, 0.1) is 28.2 Å². The molecule has 7 nitrogen and oxygen atoms in total. The number of fused-ring (bicyclic) bond motifs is 1. The second-order valence-electron chi connectivity index (χ2n) is 7.18. The number of carbonyl (C=O) groups is 1. The van der Waals surface area contributed by atoms with Gasteiger partial charge in [0.2, 0.25) is 5.91 Å². The van der Waals surface area contributed by atoms with Crippen LogP contribution in [0.25, 0.3) is 10.9 Å². The summed E-state index contributed by atoms with van der Waals surface area (Å²) in [5, 5.41) is 1.01. The number of nitrogens with zero attached hydrogens (tertiary/aromatic N) is 3. The van der Waals surface area contributed by atoms with Gasteiger partial charge >= 0.3 is 0 Å². The zero-order valence-corrected chi connectivity index (χ0v) is 17.9. The maximum atomic E-state index is 13.0. The van der Waals surface area contributed by atoms with Crippen molar-refractivity contribution in [1.29, 1.82) is 0 Å². The van der Waals surface area contributed by atoms with Crippen molar-refractivity contribution in [3.63, 3.8) is 0 Å². The first-order valence-corrected chi connectivity index (χ1v) is 12.1. The minimum atomic E-state index is -3.08. The Labute approximate surface area is 169 Å². The average Bonchev–Trinajstić information content (AvgIpc) is 3.02. The van der Waals surface area contributed by atoms with Crippen LogP contribution in [0.3, 0.4) is 0 Å². The summed E-state index contributed by atoms with van der Waals surface area (Å²) in [4.78, 5) is 31.7. The Morgan fingerprint density at radius 3 is 2.75 bits per heavy atom. The lowest BCUT2D eigenvalue weighted by Crippen LogP contribution is -2.47. The van der Waals surface area contributed by atoms with Gasteiger partial charge in [-0.1, -0.05) is 30.8 Å². The summed E-state index contributed by atoms with van der Waals surface area (Å²) in [5.74, 6) is 0.148. The third-order valence-corrected chi connectivity index (χ3v) is 7.99. The van der Waals surface area contributed by atoms with Gasteiger partial charge in [-0.05, 0) is 31.9 Å². The normalized spacial score (nSPS) is 19.6. The van der Waals surface area contributed by atoms with Gasteiger partial charge in [0.15, 0.2) is 15.0 Å². The van der Waals surface area contributed by atoms with Crippen LogP contribution in [0, 0.1) is 0 Å². The zero-order chi connectivity index (χ0) is 20.5. The summed E-state index contributed by atoms with van der Waals surface area (Å²) >= 11 is 1.21. The first kappa shape index (κ1) is 20.9. The van der Waals surface area contributed by atoms with Gasteiger partial charge in [0, 0.05) is 19.1 Å². The van der Waals surface area contributed by atoms with Crippen molar-refractivity contribution >= 4 is 38.4 Å². The van der Waals surface area contributed by atoms with Crippen LogP contribution < -0.4 is 5.56 Å². The van der Waals surface area contributed by atoms with Crippen LogP contribution in [-0.4, -0.2) is 58.1 Å². The summed E-state index contributed by atoms with van der Waals surface area (Å²) in [5.41, 5.74) is 0.447. The lowest BCUT2D eigenvalue weighted by atomic mass is 10.1. The van der Waals surface area contributed by atoms with E-state index in [1.807, 2.05) is 19.9 Å². The molecule has 1 fully saturated rings. The summed E-state index contributed by atoms with van der Waals surface area (Å²) in [6.07, 6.45) is 1.23. The number of benzene rings is 1.